The molecule has 0 radical (unpaired) electrons. The molecule has 0 saturated carbocycles. The molecule has 0 spiro atoms. The van der Waals surface area contributed by atoms with Crippen molar-refractivity contribution in [2.24, 2.45) is 0 Å². The second-order valence-electron chi connectivity index (χ2n) is 5.12. The quantitative estimate of drug-likeness (QED) is 0.711. The van der Waals surface area contributed by atoms with Gasteiger partial charge in [0.25, 0.3) is 5.91 Å². The molecular weight excluding hydrogens is 344 g/mol. The van der Waals surface area contributed by atoms with Crippen molar-refractivity contribution >= 4 is 34.0 Å². The van der Waals surface area contributed by atoms with E-state index in [0.717, 1.165) is 16.1 Å². The number of anilines is 1. The van der Waals surface area contributed by atoms with Gasteiger partial charge in [-0.25, -0.2) is 4.98 Å². The van der Waals surface area contributed by atoms with Gasteiger partial charge in [0, 0.05) is 21.0 Å². The summed E-state index contributed by atoms with van der Waals surface area (Å²) in [7, 11) is 1.57. The molecule has 0 aliphatic carbocycles. The molecular formula is C18H15ClN2O2S. The minimum Gasteiger partial charge on any atom is -0.497 e. The Kier molecular flexibility index (Phi) is 4.83. The van der Waals surface area contributed by atoms with E-state index in [1.807, 2.05) is 31.2 Å². The Bertz CT molecular complexity index is 875. The Morgan fingerprint density at radius 1 is 1.21 bits per heavy atom. The number of rotatable bonds is 4. The van der Waals surface area contributed by atoms with E-state index in [2.05, 4.69) is 10.3 Å². The second kappa shape index (κ2) is 7.03. The van der Waals surface area contributed by atoms with E-state index in [1.165, 1.54) is 11.3 Å². The largest absolute Gasteiger partial charge is 0.497 e. The number of benzene rings is 2. The summed E-state index contributed by atoms with van der Waals surface area (Å²) in [6.45, 7) is 1.98. The minimum absolute atomic E-state index is 0.217. The number of nitrogens with zero attached hydrogens (tertiary/aromatic N) is 1. The highest BCUT2D eigenvalue weighted by Gasteiger charge is 2.13. The van der Waals surface area contributed by atoms with Crippen LogP contribution in [0.3, 0.4) is 0 Å². The summed E-state index contributed by atoms with van der Waals surface area (Å²) in [6.07, 6.45) is 0. The number of carbonyl (C=O) groups excluding carboxylic acids is 1. The molecule has 2 aromatic carbocycles. The molecule has 0 saturated heterocycles. The maximum Gasteiger partial charge on any atom is 0.257 e. The van der Waals surface area contributed by atoms with Crippen LogP contribution in [0.15, 0.2) is 48.5 Å². The Morgan fingerprint density at radius 2 is 1.96 bits per heavy atom. The fourth-order valence-corrected chi connectivity index (χ4v) is 3.22. The van der Waals surface area contributed by atoms with Crippen molar-refractivity contribution in [1.82, 2.24) is 4.98 Å². The number of amides is 1. The van der Waals surface area contributed by atoms with Crippen LogP contribution < -0.4 is 10.1 Å². The summed E-state index contributed by atoms with van der Waals surface area (Å²) in [5.41, 5.74) is 2.34. The van der Waals surface area contributed by atoms with Gasteiger partial charge in [-0.15, -0.1) is 11.3 Å². The average Bonchev–Trinajstić information content (AvgIpc) is 2.96. The number of aromatic nitrogens is 1. The van der Waals surface area contributed by atoms with E-state index in [1.54, 1.807) is 31.4 Å². The van der Waals surface area contributed by atoms with Crippen LogP contribution in [0.25, 0.3) is 11.3 Å². The Hall–Kier alpha value is -2.37. The molecule has 1 heterocycles. The fourth-order valence-electron chi connectivity index (χ4n) is 2.26. The molecule has 3 aromatic rings. The Morgan fingerprint density at radius 3 is 2.67 bits per heavy atom. The van der Waals surface area contributed by atoms with Crippen molar-refractivity contribution < 1.29 is 9.53 Å². The van der Waals surface area contributed by atoms with E-state index >= 15 is 0 Å². The first-order valence-electron chi connectivity index (χ1n) is 7.25. The lowest BCUT2D eigenvalue weighted by molar-refractivity contribution is 0.102. The lowest BCUT2D eigenvalue weighted by Crippen LogP contribution is -2.11. The maximum absolute atomic E-state index is 12.4. The van der Waals surface area contributed by atoms with Gasteiger partial charge in [0.1, 0.15) is 5.75 Å². The molecule has 1 N–H and O–H groups in total. The molecule has 0 unspecified atom stereocenters. The predicted molar refractivity (Wildman–Crippen MR) is 98.2 cm³/mol. The Balaban J connectivity index is 1.82. The predicted octanol–water partition coefficient (Wildman–Crippen LogP) is 5.03. The summed E-state index contributed by atoms with van der Waals surface area (Å²) in [5, 5.41) is 4.08. The number of carbonyl (C=O) groups is 1. The highest BCUT2D eigenvalue weighted by molar-refractivity contribution is 7.16. The average molecular weight is 359 g/mol. The van der Waals surface area contributed by atoms with Crippen LogP contribution in [0.1, 0.15) is 15.2 Å². The number of nitrogens with one attached hydrogen (secondary N) is 1. The molecule has 0 bridgehead atoms. The standard InChI is InChI=1S/C18H15ClN2O2S/c1-11-16(12-6-8-14(19)9-7-12)20-18(24-11)21-17(22)13-4-3-5-15(10-13)23-2/h3-10H,1-2H3,(H,20,21,22). The van der Waals surface area contributed by atoms with E-state index in [-0.39, 0.29) is 5.91 Å². The maximum atomic E-state index is 12.4. The molecule has 0 atom stereocenters. The molecule has 0 aliphatic rings. The van der Waals surface area contributed by atoms with Crippen molar-refractivity contribution in [2.45, 2.75) is 6.92 Å². The summed E-state index contributed by atoms with van der Waals surface area (Å²) < 4.78 is 5.14. The Labute approximate surface area is 149 Å². The molecule has 1 amide bonds. The van der Waals surface area contributed by atoms with Crippen molar-refractivity contribution in [1.29, 1.82) is 0 Å². The first-order valence-corrected chi connectivity index (χ1v) is 8.45. The third-order valence-electron chi connectivity index (χ3n) is 3.47. The topological polar surface area (TPSA) is 51.2 Å². The fraction of sp³-hybridized carbons (Fsp3) is 0.111. The molecule has 0 aliphatic heterocycles. The van der Waals surface area contributed by atoms with Gasteiger partial charge in [0.15, 0.2) is 5.13 Å². The van der Waals surface area contributed by atoms with E-state index in [0.29, 0.717) is 21.5 Å². The second-order valence-corrected chi connectivity index (χ2v) is 6.76. The zero-order valence-corrected chi connectivity index (χ0v) is 14.7. The molecule has 6 heteroatoms. The van der Waals surface area contributed by atoms with E-state index in [9.17, 15) is 4.79 Å². The van der Waals surface area contributed by atoms with Gasteiger partial charge >= 0.3 is 0 Å². The van der Waals surface area contributed by atoms with Crippen LogP contribution in [0.5, 0.6) is 5.75 Å². The van der Waals surface area contributed by atoms with Gasteiger partial charge < -0.3 is 4.74 Å². The zero-order valence-electron chi connectivity index (χ0n) is 13.2. The molecule has 4 nitrogen and oxygen atoms in total. The first-order chi connectivity index (χ1) is 11.6. The third kappa shape index (κ3) is 3.58. The number of thiazole rings is 1. The monoisotopic (exact) mass is 358 g/mol. The van der Waals surface area contributed by atoms with Gasteiger partial charge in [-0.05, 0) is 37.3 Å². The van der Waals surface area contributed by atoms with Crippen molar-refractivity contribution in [3.63, 3.8) is 0 Å². The number of ether oxygens (including phenoxy) is 1. The van der Waals surface area contributed by atoms with Gasteiger partial charge in [-0.1, -0.05) is 29.8 Å². The highest BCUT2D eigenvalue weighted by atomic mass is 35.5. The van der Waals surface area contributed by atoms with Gasteiger partial charge in [-0.2, -0.15) is 0 Å². The van der Waals surface area contributed by atoms with E-state index in [4.69, 9.17) is 16.3 Å². The number of hydrogen-bond acceptors (Lipinski definition) is 4. The highest BCUT2D eigenvalue weighted by Crippen LogP contribution is 2.31. The van der Waals surface area contributed by atoms with Gasteiger partial charge in [0.2, 0.25) is 0 Å². The normalized spacial score (nSPS) is 10.5. The first kappa shape index (κ1) is 16.5. The van der Waals surface area contributed by atoms with Crippen LogP contribution in [0, 0.1) is 6.92 Å². The molecule has 1 aromatic heterocycles. The number of aryl methyl sites for hydroxylation is 1. The van der Waals surface area contributed by atoms with Crippen LogP contribution in [0.4, 0.5) is 5.13 Å². The van der Waals surface area contributed by atoms with Crippen LogP contribution >= 0.6 is 22.9 Å². The summed E-state index contributed by atoms with van der Waals surface area (Å²) in [6, 6.07) is 14.5. The zero-order chi connectivity index (χ0) is 17.1. The lowest BCUT2D eigenvalue weighted by atomic mass is 10.1. The molecule has 24 heavy (non-hydrogen) atoms. The van der Waals surface area contributed by atoms with Crippen molar-refractivity contribution in [2.75, 3.05) is 12.4 Å². The van der Waals surface area contributed by atoms with Crippen molar-refractivity contribution in [3.05, 3.63) is 64.0 Å². The smallest absolute Gasteiger partial charge is 0.257 e. The van der Waals surface area contributed by atoms with Crippen LogP contribution in [-0.2, 0) is 0 Å². The van der Waals surface area contributed by atoms with Gasteiger partial charge in [-0.3, -0.25) is 10.1 Å². The third-order valence-corrected chi connectivity index (χ3v) is 4.60. The SMILES string of the molecule is COc1cccc(C(=O)Nc2nc(-c3ccc(Cl)cc3)c(C)s2)c1. The van der Waals surface area contributed by atoms with Gasteiger partial charge in [0.05, 0.1) is 12.8 Å². The number of hydrogen-bond donors (Lipinski definition) is 1. The molecule has 0 fully saturated rings. The summed E-state index contributed by atoms with van der Waals surface area (Å²) >= 11 is 7.36. The van der Waals surface area contributed by atoms with Crippen LogP contribution in [-0.4, -0.2) is 18.0 Å². The number of halogens is 1. The van der Waals surface area contributed by atoms with E-state index < -0.39 is 0 Å². The molecule has 122 valence electrons. The summed E-state index contributed by atoms with van der Waals surface area (Å²) in [5.74, 6) is 0.421. The number of methoxy groups -OCH3 is 1. The minimum atomic E-state index is -0.217. The lowest BCUT2D eigenvalue weighted by Gasteiger charge is -2.04. The van der Waals surface area contributed by atoms with Crippen LogP contribution in [0.2, 0.25) is 5.02 Å². The van der Waals surface area contributed by atoms with Crippen molar-refractivity contribution in [3.8, 4) is 17.0 Å². The summed E-state index contributed by atoms with van der Waals surface area (Å²) in [4.78, 5) is 17.9. The molecule has 3 rings (SSSR count).